The van der Waals surface area contributed by atoms with Crippen LogP contribution < -0.4 is 14.7 Å². The largest absolute Gasteiger partial charge is 3.00 e. The molecular weight excluding hydrogens is 490 g/mol. The van der Waals surface area contributed by atoms with Crippen molar-refractivity contribution >= 4 is 22.1 Å². The van der Waals surface area contributed by atoms with Gasteiger partial charge in [-0.05, 0) is 37.0 Å². The third-order valence-electron chi connectivity index (χ3n) is 2.89. The van der Waals surface area contributed by atoms with Gasteiger partial charge in [0.2, 0.25) is 0 Å². The van der Waals surface area contributed by atoms with Crippen LogP contribution in [0.25, 0.3) is 0 Å². The van der Waals surface area contributed by atoms with Gasteiger partial charge < -0.3 is 28.4 Å². The molecule has 0 N–H and O–H groups in total. The molecule has 0 aliphatic carbocycles. The molecule has 0 bridgehead atoms. The molecule has 0 heterocycles. The van der Waals surface area contributed by atoms with Crippen LogP contribution in [0.4, 0.5) is 0 Å². The minimum absolute atomic E-state index is 0. The number of hydrogen-bond acceptors (Lipinski definition) is 6. The fourth-order valence-corrected chi connectivity index (χ4v) is 2.01. The van der Waals surface area contributed by atoms with Crippen LogP contribution in [0, 0.1) is 39.9 Å². The molecule has 0 unspecified atom stereocenters. The minimum atomic E-state index is -2.90. The van der Waals surface area contributed by atoms with Crippen LogP contribution >= 0.6 is 22.1 Å². The molecule has 6 nitrogen and oxygen atoms in total. The molecule has 0 aliphatic heterocycles. The van der Waals surface area contributed by atoms with Gasteiger partial charge >= 0.3 is 39.9 Å². The van der Waals surface area contributed by atoms with Crippen LogP contribution in [0.3, 0.4) is 0 Å². The number of hydrogen-bond donors (Lipinski definition) is 0. The van der Waals surface area contributed by atoms with Gasteiger partial charge in [0.15, 0.2) is 0 Å². The van der Waals surface area contributed by atoms with E-state index in [0.29, 0.717) is 37.0 Å². The summed E-state index contributed by atoms with van der Waals surface area (Å²) in [6.45, 7) is 9.98. The second-order valence-electron chi connectivity index (χ2n) is 4.34. The maximum atomic E-state index is 10.4. The van der Waals surface area contributed by atoms with Crippen LogP contribution in [0.2, 0.25) is 0 Å². The average Bonchev–Trinajstić information content (AvgIpc) is 2.48. The van der Waals surface area contributed by atoms with Gasteiger partial charge in [-0.25, -0.2) is 0 Å². The fourth-order valence-electron chi connectivity index (χ4n) is 0.671. The molecular formula is C12H30GdO6P3. The standard InChI is InChI=1S/3C4H11O2P.Gd/c3*1-3-7(5,6)4-2;/h3*3-4H2,1-2H3,(H,5,6);/q;;;+3/p-3. The van der Waals surface area contributed by atoms with E-state index in [1.807, 2.05) is 0 Å². The Labute approximate surface area is 167 Å². The summed E-state index contributed by atoms with van der Waals surface area (Å²) in [5, 5.41) is 0. The smallest absolute Gasteiger partial charge is 0.799 e. The molecule has 0 saturated heterocycles. The zero-order valence-electron chi connectivity index (χ0n) is 14.4. The van der Waals surface area contributed by atoms with E-state index in [1.54, 1.807) is 41.5 Å². The van der Waals surface area contributed by atoms with Crippen molar-refractivity contribution < 1.29 is 68.3 Å². The van der Waals surface area contributed by atoms with Gasteiger partial charge in [0.25, 0.3) is 0 Å². The maximum Gasteiger partial charge on any atom is 3.00 e. The Morgan fingerprint density at radius 3 is 0.591 bits per heavy atom. The molecule has 0 aromatic heterocycles. The van der Waals surface area contributed by atoms with E-state index >= 15 is 0 Å². The molecule has 0 rings (SSSR count). The van der Waals surface area contributed by atoms with Gasteiger partial charge in [-0.3, -0.25) is 0 Å². The molecule has 0 atom stereocenters. The Bertz CT molecular complexity index is 308. The van der Waals surface area contributed by atoms with E-state index in [-0.39, 0.29) is 39.9 Å². The van der Waals surface area contributed by atoms with E-state index in [9.17, 15) is 28.4 Å². The summed E-state index contributed by atoms with van der Waals surface area (Å²) in [6.07, 6.45) is 1.77. The molecule has 10 heteroatoms. The van der Waals surface area contributed by atoms with Gasteiger partial charge in [0.1, 0.15) is 0 Å². The summed E-state index contributed by atoms with van der Waals surface area (Å²) in [5.41, 5.74) is 0. The molecule has 0 fully saturated rings. The van der Waals surface area contributed by atoms with Crippen LogP contribution in [0.1, 0.15) is 41.5 Å². The van der Waals surface area contributed by atoms with Crippen molar-refractivity contribution in [3.63, 3.8) is 0 Å². The van der Waals surface area contributed by atoms with Crippen molar-refractivity contribution in [2.45, 2.75) is 41.5 Å². The fraction of sp³-hybridized carbons (Fsp3) is 1.00. The average molecular weight is 521 g/mol. The Balaban J connectivity index is -0.000000108. The van der Waals surface area contributed by atoms with E-state index < -0.39 is 22.1 Å². The van der Waals surface area contributed by atoms with Gasteiger partial charge in [-0.2, -0.15) is 0 Å². The van der Waals surface area contributed by atoms with Crippen molar-refractivity contribution in [1.29, 1.82) is 0 Å². The number of rotatable bonds is 6. The topological polar surface area (TPSA) is 120 Å². The molecule has 22 heavy (non-hydrogen) atoms. The van der Waals surface area contributed by atoms with Crippen molar-refractivity contribution in [1.82, 2.24) is 0 Å². The van der Waals surface area contributed by atoms with Gasteiger partial charge in [-0.1, -0.05) is 41.5 Å². The van der Waals surface area contributed by atoms with E-state index in [1.165, 1.54) is 0 Å². The molecule has 0 spiro atoms. The van der Waals surface area contributed by atoms with E-state index in [4.69, 9.17) is 0 Å². The SMILES string of the molecule is CCP(=O)([O-])CC.CCP(=O)([O-])CC.CCP(=O)([O-])CC.[Gd+3]. The molecule has 0 amide bonds. The summed E-state index contributed by atoms with van der Waals surface area (Å²) >= 11 is 0. The Morgan fingerprint density at radius 2 is 0.591 bits per heavy atom. The summed E-state index contributed by atoms with van der Waals surface area (Å²) in [7, 11) is -8.71. The first-order valence-corrected chi connectivity index (χ1v) is 13.2. The van der Waals surface area contributed by atoms with Crippen LogP contribution in [-0.4, -0.2) is 37.0 Å². The first kappa shape index (κ1) is 31.6. The predicted molar refractivity (Wildman–Crippen MR) is 86.1 cm³/mol. The van der Waals surface area contributed by atoms with Gasteiger partial charge in [-0.15, -0.1) is 0 Å². The molecule has 0 aromatic carbocycles. The second kappa shape index (κ2) is 16.4. The third-order valence-corrected chi connectivity index (χ3v) is 8.67. The van der Waals surface area contributed by atoms with E-state index in [0.717, 1.165) is 0 Å². The maximum absolute atomic E-state index is 10.4. The van der Waals surface area contributed by atoms with Crippen molar-refractivity contribution in [3.8, 4) is 0 Å². The zero-order valence-corrected chi connectivity index (χ0v) is 19.3. The molecule has 0 aliphatic rings. The van der Waals surface area contributed by atoms with Gasteiger partial charge in [0.05, 0.1) is 0 Å². The summed E-state index contributed by atoms with van der Waals surface area (Å²) in [4.78, 5) is 31.2. The molecule has 1 radical (unpaired) electrons. The first-order chi connectivity index (χ1) is 9.36. The zero-order chi connectivity index (χ0) is 17.7. The normalized spacial score (nSPS) is 11.3. The van der Waals surface area contributed by atoms with Crippen molar-refractivity contribution in [3.05, 3.63) is 0 Å². The third kappa shape index (κ3) is 24.2. The summed E-state index contributed by atoms with van der Waals surface area (Å²) < 4.78 is 31.2. The predicted octanol–water partition coefficient (Wildman–Crippen LogP) is 1.99. The van der Waals surface area contributed by atoms with Crippen LogP contribution in [0.15, 0.2) is 0 Å². The van der Waals surface area contributed by atoms with Crippen molar-refractivity contribution in [2.75, 3.05) is 37.0 Å². The Morgan fingerprint density at radius 1 is 0.500 bits per heavy atom. The summed E-state index contributed by atoms with van der Waals surface area (Å²) in [5.74, 6) is 0. The molecule has 0 saturated carbocycles. The van der Waals surface area contributed by atoms with Crippen molar-refractivity contribution in [2.24, 2.45) is 0 Å². The summed E-state index contributed by atoms with van der Waals surface area (Å²) in [6, 6.07) is 0. The monoisotopic (exact) mass is 521 g/mol. The molecule has 0 aromatic rings. The molecule has 137 valence electrons. The minimum Gasteiger partial charge on any atom is -0.799 e. The Hall–Kier alpha value is 1.89. The van der Waals surface area contributed by atoms with Crippen LogP contribution in [0.5, 0.6) is 0 Å². The van der Waals surface area contributed by atoms with Gasteiger partial charge in [0, 0.05) is 22.1 Å². The van der Waals surface area contributed by atoms with Crippen LogP contribution in [-0.2, 0) is 13.7 Å². The first-order valence-electron chi connectivity index (χ1n) is 7.24. The quantitative estimate of drug-likeness (QED) is 0.494. The Kier molecular flexibility index (Phi) is 23.5. The van der Waals surface area contributed by atoms with E-state index in [2.05, 4.69) is 0 Å². The second-order valence-corrected chi connectivity index (χ2v) is 13.0.